The molecule has 3 N–H and O–H groups in total. The van der Waals surface area contributed by atoms with Crippen LogP contribution < -0.4 is 15.8 Å². The fourth-order valence-corrected chi connectivity index (χ4v) is 2.38. The molecule has 0 fully saturated rings. The summed E-state index contributed by atoms with van der Waals surface area (Å²) in [6.07, 6.45) is 0. The highest BCUT2D eigenvalue weighted by molar-refractivity contribution is 5.96. The Balaban J connectivity index is 1.65. The van der Waals surface area contributed by atoms with E-state index >= 15 is 0 Å². The summed E-state index contributed by atoms with van der Waals surface area (Å²) in [6, 6.07) is 16.2. The second kappa shape index (κ2) is 7.09. The number of nitrogens with one attached hydrogen (secondary N) is 1. The topological polar surface area (TPSA) is 94.6 Å². The minimum Gasteiger partial charge on any atom is -0.484 e. The third-order valence-electron chi connectivity index (χ3n) is 3.77. The molecule has 0 unspecified atom stereocenters. The van der Waals surface area contributed by atoms with Gasteiger partial charge in [-0.2, -0.15) is 0 Å². The van der Waals surface area contributed by atoms with E-state index in [1.54, 1.807) is 31.2 Å². The number of ether oxygens (including phenoxy) is 1. The van der Waals surface area contributed by atoms with E-state index in [-0.39, 0.29) is 12.5 Å². The zero-order chi connectivity index (χ0) is 17.8. The van der Waals surface area contributed by atoms with Crippen LogP contribution in [0.3, 0.4) is 0 Å². The molecule has 0 aliphatic rings. The third kappa shape index (κ3) is 3.98. The number of carbonyl (C=O) groups excluding carboxylic acids is 2. The van der Waals surface area contributed by atoms with Gasteiger partial charge in [0.1, 0.15) is 17.1 Å². The summed E-state index contributed by atoms with van der Waals surface area (Å²) in [5.74, 6) is -0.0395. The Morgan fingerprint density at radius 2 is 1.88 bits per heavy atom. The number of rotatable bonds is 6. The Morgan fingerprint density at radius 1 is 1.16 bits per heavy atom. The van der Waals surface area contributed by atoms with Gasteiger partial charge in [0.15, 0.2) is 6.61 Å². The van der Waals surface area contributed by atoms with Crippen LogP contribution in [0.5, 0.6) is 5.75 Å². The monoisotopic (exact) mass is 338 g/mol. The van der Waals surface area contributed by atoms with Gasteiger partial charge in [0.25, 0.3) is 5.91 Å². The number of carbonyl (C=O) groups is 2. The smallest absolute Gasteiger partial charge is 0.255 e. The summed E-state index contributed by atoms with van der Waals surface area (Å²) in [7, 11) is 0. The lowest BCUT2D eigenvalue weighted by atomic mass is 10.1. The number of benzene rings is 2. The molecule has 2 aromatic carbocycles. The molecule has 1 aromatic heterocycles. The highest BCUT2D eigenvalue weighted by Gasteiger charge is 2.19. The number of nitrogens with two attached hydrogens (primary N) is 1. The number of anilines is 1. The number of hydrogen-bond donors (Lipinski definition) is 2. The van der Waals surface area contributed by atoms with Crippen LogP contribution in [0.2, 0.25) is 0 Å². The predicted octanol–water partition coefficient (Wildman–Crippen LogP) is 3.04. The number of primary amides is 1. The first kappa shape index (κ1) is 16.6. The maximum atomic E-state index is 12.4. The zero-order valence-electron chi connectivity index (χ0n) is 13.7. The lowest BCUT2D eigenvalue weighted by molar-refractivity contribution is -0.120. The van der Waals surface area contributed by atoms with Crippen LogP contribution in [0, 0.1) is 0 Å². The fourth-order valence-electron chi connectivity index (χ4n) is 2.38. The molecule has 6 nitrogen and oxygen atoms in total. The summed E-state index contributed by atoms with van der Waals surface area (Å²) >= 11 is 0. The Bertz CT molecular complexity index is 866. The van der Waals surface area contributed by atoms with E-state index in [1.165, 1.54) is 0 Å². The molecule has 0 aliphatic heterocycles. The van der Waals surface area contributed by atoms with Crippen LogP contribution in [0.4, 0.5) is 5.69 Å². The number of hydrogen-bond acceptors (Lipinski definition) is 4. The van der Waals surface area contributed by atoms with Crippen molar-refractivity contribution in [2.45, 2.75) is 12.8 Å². The normalized spacial score (nSPS) is 11.9. The summed E-state index contributed by atoms with van der Waals surface area (Å²) in [5.41, 5.74) is 6.40. The van der Waals surface area contributed by atoms with Gasteiger partial charge < -0.3 is 20.2 Å². The number of amides is 2. The SMILES string of the molecule is C[C@H](C(=O)Nc1ccc(OCC(N)=O)cc1)c1cc2ccccc2o1. The second-order valence-electron chi connectivity index (χ2n) is 5.68. The van der Waals surface area contributed by atoms with Crippen molar-refractivity contribution >= 4 is 28.5 Å². The highest BCUT2D eigenvalue weighted by atomic mass is 16.5. The van der Waals surface area contributed by atoms with Gasteiger partial charge in [-0.25, -0.2) is 0 Å². The molecule has 6 heteroatoms. The Labute approximate surface area is 144 Å². The van der Waals surface area contributed by atoms with E-state index in [4.69, 9.17) is 14.9 Å². The standard InChI is InChI=1S/C19H18N2O4/c1-12(17-10-13-4-2-3-5-16(13)25-17)19(23)21-14-6-8-15(9-7-14)24-11-18(20)22/h2-10,12H,11H2,1H3,(H2,20,22)(H,21,23)/t12-/m0/s1. The quantitative estimate of drug-likeness (QED) is 0.722. The Morgan fingerprint density at radius 3 is 2.56 bits per heavy atom. The first-order chi connectivity index (χ1) is 12.0. The van der Waals surface area contributed by atoms with Crippen molar-refractivity contribution < 1.29 is 18.7 Å². The van der Waals surface area contributed by atoms with Crippen LogP contribution in [0.15, 0.2) is 59.0 Å². The molecular weight excluding hydrogens is 320 g/mol. The van der Waals surface area contributed by atoms with Crippen molar-refractivity contribution in [1.82, 2.24) is 0 Å². The molecule has 0 aliphatic carbocycles. The first-order valence-corrected chi connectivity index (χ1v) is 7.83. The van der Waals surface area contributed by atoms with Crippen LogP contribution in [-0.2, 0) is 9.59 Å². The molecule has 3 aromatic rings. The van der Waals surface area contributed by atoms with Crippen LogP contribution in [0.1, 0.15) is 18.6 Å². The van der Waals surface area contributed by atoms with E-state index in [2.05, 4.69) is 5.32 Å². The lowest BCUT2D eigenvalue weighted by Gasteiger charge is -2.10. The molecule has 0 saturated heterocycles. The molecule has 1 atom stereocenters. The molecule has 0 bridgehead atoms. The van der Waals surface area contributed by atoms with E-state index in [0.29, 0.717) is 17.2 Å². The van der Waals surface area contributed by atoms with E-state index in [1.807, 2.05) is 30.3 Å². The Hall–Kier alpha value is -3.28. The minimum absolute atomic E-state index is 0.176. The fraction of sp³-hybridized carbons (Fsp3) is 0.158. The molecule has 2 amide bonds. The highest BCUT2D eigenvalue weighted by Crippen LogP contribution is 2.26. The van der Waals surface area contributed by atoms with Crippen molar-refractivity contribution in [2.75, 3.05) is 11.9 Å². The van der Waals surface area contributed by atoms with Crippen LogP contribution in [0.25, 0.3) is 11.0 Å². The van der Waals surface area contributed by atoms with Gasteiger partial charge in [0, 0.05) is 11.1 Å². The van der Waals surface area contributed by atoms with E-state index in [0.717, 1.165) is 11.0 Å². The van der Waals surface area contributed by atoms with E-state index < -0.39 is 11.8 Å². The van der Waals surface area contributed by atoms with Gasteiger partial charge >= 0.3 is 0 Å². The van der Waals surface area contributed by atoms with Gasteiger partial charge in [0.05, 0.1) is 5.92 Å². The summed E-state index contributed by atoms with van der Waals surface area (Å²) in [5, 5.41) is 3.80. The summed E-state index contributed by atoms with van der Waals surface area (Å²) in [4.78, 5) is 23.1. The number of fused-ring (bicyclic) bond motifs is 1. The van der Waals surface area contributed by atoms with Gasteiger partial charge in [0.2, 0.25) is 5.91 Å². The Kier molecular flexibility index (Phi) is 4.70. The third-order valence-corrected chi connectivity index (χ3v) is 3.77. The molecule has 25 heavy (non-hydrogen) atoms. The molecule has 0 saturated carbocycles. The van der Waals surface area contributed by atoms with Crippen LogP contribution >= 0.6 is 0 Å². The number of para-hydroxylation sites is 1. The minimum atomic E-state index is -0.544. The molecule has 0 radical (unpaired) electrons. The molecule has 0 spiro atoms. The summed E-state index contributed by atoms with van der Waals surface area (Å²) in [6.45, 7) is 1.60. The van der Waals surface area contributed by atoms with Crippen molar-refractivity contribution in [2.24, 2.45) is 5.73 Å². The maximum Gasteiger partial charge on any atom is 0.255 e. The summed E-state index contributed by atoms with van der Waals surface area (Å²) < 4.78 is 10.9. The first-order valence-electron chi connectivity index (χ1n) is 7.83. The van der Waals surface area contributed by atoms with E-state index in [9.17, 15) is 9.59 Å². The molecule has 128 valence electrons. The second-order valence-corrected chi connectivity index (χ2v) is 5.68. The van der Waals surface area contributed by atoms with Gasteiger partial charge in [-0.3, -0.25) is 9.59 Å². The van der Waals surface area contributed by atoms with Crippen molar-refractivity contribution in [3.8, 4) is 5.75 Å². The van der Waals surface area contributed by atoms with Crippen molar-refractivity contribution in [1.29, 1.82) is 0 Å². The van der Waals surface area contributed by atoms with Gasteiger partial charge in [-0.05, 0) is 43.3 Å². The average Bonchev–Trinajstić information content (AvgIpc) is 3.04. The maximum absolute atomic E-state index is 12.4. The molecular formula is C19H18N2O4. The lowest BCUT2D eigenvalue weighted by Crippen LogP contribution is -2.20. The molecule has 3 rings (SSSR count). The van der Waals surface area contributed by atoms with Crippen LogP contribution in [-0.4, -0.2) is 18.4 Å². The predicted molar refractivity (Wildman–Crippen MR) is 94.4 cm³/mol. The molecule has 1 heterocycles. The van der Waals surface area contributed by atoms with Gasteiger partial charge in [-0.15, -0.1) is 0 Å². The van der Waals surface area contributed by atoms with Crippen molar-refractivity contribution in [3.05, 3.63) is 60.4 Å². The average molecular weight is 338 g/mol. The number of furan rings is 1. The van der Waals surface area contributed by atoms with Crippen molar-refractivity contribution in [3.63, 3.8) is 0 Å². The zero-order valence-corrected chi connectivity index (χ0v) is 13.7. The van der Waals surface area contributed by atoms with Gasteiger partial charge in [-0.1, -0.05) is 18.2 Å². The largest absolute Gasteiger partial charge is 0.484 e.